The average Bonchev–Trinajstić information content (AvgIpc) is 2.71. The molecule has 0 fully saturated rings. The second-order valence-electron chi connectivity index (χ2n) is 6.31. The Balaban J connectivity index is 2.07. The fourth-order valence-corrected chi connectivity index (χ4v) is 4.39. The van der Waals surface area contributed by atoms with Crippen LogP contribution in [0.5, 0.6) is 0 Å². The van der Waals surface area contributed by atoms with Gasteiger partial charge in [-0.05, 0) is 48.9 Å². The fourth-order valence-electron chi connectivity index (χ4n) is 2.86. The van der Waals surface area contributed by atoms with Crippen LogP contribution in [0.15, 0.2) is 98.1 Å². The molecular weight excluding hydrogens is 394 g/mol. The molecule has 1 aromatic heterocycles. The minimum absolute atomic E-state index is 0.0109. The Morgan fingerprint density at radius 3 is 2.39 bits per heavy atom. The van der Waals surface area contributed by atoms with Gasteiger partial charge in [-0.1, -0.05) is 54.1 Å². The Labute approximate surface area is 167 Å². The van der Waals surface area contributed by atoms with Crippen LogP contribution in [0.3, 0.4) is 0 Å². The molecule has 140 valence electrons. The maximum absolute atomic E-state index is 13.3. The molecule has 0 saturated heterocycles. The van der Waals surface area contributed by atoms with Gasteiger partial charge in [0.05, 0.1) is 10.6 Å². The molecule has 4 rings (SSSR count). The van der Waals surface area contributed by atoms with Crippen molar-refractivity contribution in [2.45, 2.75) is 16.7 Å². The summed E-state index contributed by atoms with van der Waals surface area (Å²) in [7, 11) is -3.82. The molecule has 0 spiro atoms. The van der Waals surface area contributed by atoms with Crippen molar-refractivity contribution in [3.05, 3.63) is 95.0 Å². The zero-order valence-electron chi connectivity index (χ0n) is 15.0. The first-order valence-corrected chi connectivity index (χ1v) is 10.5. The third-order valence-corrected chi connectivity index (χ3v) is 6.36. The van der Waals surface area contributed by atoms with Gasteiger partial charge in [0.2, 0.25) is 15.4 Å². The molecule has 0 bridgehead atoms. The van der Waals surface area contributed by atoms with Crippen LogP contribution in [-0.2, 0) is 9.84 Å². The van der Waals surface area contributed by atoms with Crippen molar-refractivity contribution in [3.63, 3.8) is 0 Å². The third kappa shape index (κ3) is 3.46. The summed E-state index contributed by atoms with van der Waals surface area (Å²) in [5.74, 6) is 0. The van der Waals surface area contributed by atoms with Gasteiger partial charge < -0.3 is 4.42 Å². The minimum Gasteiger partial charge on any atom is -0.437 e. The van der Waals surface area contributed by atoms with Crippen LogP contribution in [0.2, 0.25) is 5.02 Å². The maximum Gasteiger partial charge on any atom is 0.239 e. The SMILES string of the molecule is Cc1ccc(Cl)cc1N=c1oc2ccccc2cc1S(=O)(=O)c1ccccc1. The Hall–Kier alpha value is -2.89. The normalized spacial score (nSPS) is 12.4. The zero-order chi connectivity index (χ0) is 19.7. The highest BCUT2D eigenvalue weighted by Gasteiger charge is 2.22. The summed E-state index contributed by atoms with van der Waals surface area (Å²) in [6, 6.07) is 22.3. The smallest absolute Gasteiger partial charge is 0.239 e. The van der Waals surface area contributed by atoms with Crippen LogP contribution in [0.1, 0.15) is 5.56 Å². The van der Waals surface area contributed by atoms with E-state index in [-0.39, 0.29) is 15.3 Å². The van der Waals surface area contributed by atoms with Gasteiger partial charge in [0.25, 0.3) is 0 Å². The van der Waals surface area contributed by atoms with Crippen molar-refractivity contribution >= 4 is 38.1 Å². The van der Waals surface area contributed by atoms with Crippen LogP contribution in [-0.4, -0.2) is 8.42 Å². The van der Waals surface area contributed by atoms with Gasteiger partial charge >= 0.3 is 0 Å². The van der Waals surface area contributed by atoms with Crippen LogP contribution in [0.25, 0.3) is 11.0 Å². The molecule has 0 radical (unpaired) electrons. The molecule has 0 aliphatic heterocycles. The van der Waals surface area contributed by atoms with Gasteiger partial charge in [0, 0.05) is 10.4 Å². The Morgan fingerprint density at radius 2 is 1.61 bits per heavy atom. The van der Waals surface area contributed by atoms with Crippen molar-refractivity contribution < 1.29 is 12.8 Å². The molecule has 0 N–H and O–H groups in total. The highest BCUT2D eigenvalue weighted by molar-refractivity contribution is 7.91. The highest BCUT2D eigenvalue weighted by atomic mass is 35.5. The van der Waals surface area contributed by atoms with Crippen molar-refractivity contribution in [3.8, 4) is 0 Å². The molecule has 0 saturated carbocycles. The summed E-state index contributed by atoms with van der Waals surface area (Å²) in [4.78, 5) is 4.70. The Bertz CT molecular complexity index is 1340. The van der Waals surface area contributed by atoms with E-state index in [1.54, 1.807) is 60.7 Å². The lowest BCUT2D eigenvalue weighted by molar-refractivity contribution is 0.517. The summed E-state index contributed by atoms with van der Waals surface area (Å²) in [6.07, 6.45) is 0. The number of rotatable bonds is 3. The molecular formula is C22H16ClNO3S. The average molecular weight is 410 g/mol. The minimum atomic E-state index is -3.82. The number of benzene rings is 3. The van der Waals surface area contributed by atoms with Crippen molar-refractivity contribution in [2.24, 2.45) is 4.99 Å². The summed E-state index contributed by atoms with van der Waals surface area (Å²) in [5, 5.41) is 1.19. The van der Waals surface area contributed by atoms with E-state index in [4.69, 9.17) is 16.0 Å². The number of hydrogen-bond donors (Lipinski definition) is 0. The molecule has 0 unspecified atom stereocenters. The summed E-state index contributed by atoms with van der Waals surface area (Å²) in [5.41, 5.74) is 1.98. The van der Waals surface area contributed by atoms with Gasteiger partial charge in [-0.2, -0.15) is 0 Å². The lowest BCUT2D eigenvalue weighted by Gasteiger charge is -2.07. The van der Waals surface area contributed by atoms with Gasteiger partial charge in [-0.3, -0.25) is 0 Å². The predicted octanol–water partition coefficient (Wildman–Crippen LogP) is 5.46. The molecule has 0 aliphatic rings. The second kappa shape index (κ2) is 7.26. The molecule has 0 amide bonds. The van der Waals surface area contributed by atoms with E-state index in [1.807, 2.05) is 25.1 Å². The second-order valence-corrected chi connectivity index (χ2v) is 8.67. The molecule has 6 heteroatoms. The Kier molecular flexibility index (Phi) is 4.79. The number of nitrogens with zero attached hydrogens (tertiary/aromatic N) is 1. The van der Waals surface area contributed by atoms with E-state index in [2.05, 4.69) is 4.99 Å². The molecule has 4 aromatic rings. The molecule has 3 aromatic carbocycles. The third-order valence-electron chi connectivity index (χ3n) is 4.36. The molecule has 0 aliphatic carbocycles. The van der Waals surface area contributed by atoms with Crippen molar-refractivity contribution in [1.29, 1.82) is 0 Å². The number of halogens is 1. The van der Waals surface area contributed by atoms with Gasteiger partial charge in [-0.15, -0.1) is 0 Å². The molecule has 28 heavy (non-hydrogen) atoms. The van der Waals surface area contributed by atoms with Crippen LogP contribution >= 0.6 is 11.6 Å². The van der Waals surface area contributed by atoms with E-state index in [9.17, 15) is 8.42 Å². The topological polar surface area (TPSA) is 59.6 Å². The fraction of sp³-hybridized carbons (Fsp3) is 0.0455. The van der Waals surface area contributed by atoms with E-state index >= 15 is 0 Å². The zero-order valence-corrected chi connectivity index (χ0v) is 16.5. The van der Waals surface area contributed by atoms with Crippen molar-refractivity contribution in [1.82, 2.24) is 0 Å². The van der Waals surface area contributed by atoms with Gasteiger partial charge in [0.1, 0.15) is 10.5 Å². The quantitative estimate of drug-likeness (QED) is 0.451. The first kappa shape index (κ1) is 18.5. The largest absolute Gasteiger partial charge is 0.437 e. The first-order valence-electron chi connectivity index (χ1n) is 8.59. The van der Waals surface area contributed by atoms with Gasteiger partial charge in [0.15, 0.2) is 0 Å². The number of aryl methyl sites for hydroxylation is 1. The van der Waals surface area contributed by atoms with E-state index in [0.717, 1.165) is 5.56 Å². The summed E-state index contributed by atoms with van der Waals surface area (Å²) < 4.78 is 32.5. The first-order chi connectivity index (χ1) is 13.4. The highest BCUT2D eigenvalue weighted by Crippen LogP contribution is 2.25. The van der Waals surface area contributed by atoms with Gasteiger partial charge in [-0.25, -0.2) is 13.4 Å². The maximum atomic E-state index is 13.3. The lowest BCUT2D eigenvalue weighted by Crippen LogP contribution is -2.15. The number of hydrogen-bond acceptors (Lipinski definition) is 4. The van der Waals surface area contributed by atoms with E-state index in [1.165, 1.54) is 0 Å². The number of sulfone groups is 1. The predicted molar refractivity (Wildman–Crippen MR) is 110 cm³/mol. The number of para-hydroxylation sites is 1. The van der Waals surface area contributed by atoms with Crippen molar-refractivity contribution in [2.75, 3.05) is 0 Å². The molecule has 4 nitrogen and oxygen atoms in total. The van der Waals surface area contributed by atoms with Crippen LogP contribution in [0.4, 0.5) is 5.69 Å². The molecule has 0 atom stereocenters. The molecule has 1 heterocycles. The van der Waals surface area contributed by atoms with Crippen LogP contribution < -0.4 is 5.55 Å². The van der Waals surface area contributed by atoms with E-state index < -0.39 is 9.84 Å². The van der Waals surface area contributed by atoms with Crippen LogP contribution in [0, 0.1) is 6.92 Å². The lowest BCUT2D eigenvalue weighted by atomic mass is 10.2. The van der Waals surface area contributed by atoms with E-state index in [0.29, 0.717) is 21.7 Å². The monoisotopic (exact) mass is 409 g/mol. The number of fused-ring (bicyclic) bond motifs is 1. The summed E-state index contributed by atoms with van der Waals surface area (Å²) in [6.45, 7) is 1.88. The standard InChI is InChI=1S/C22H16ClNO3S/c1-15-11-12-17(23)14-19(15)24-22-21(13-16-7-5-6-10-20(16)27-22)28(25,26)18-8-3-2-4-9-18/h2-14H,1H3. The Morgan fingerprint density at radius 1 is 0.893 bits per heavy atom. The summed E-state index contributed by atoms with van der Waals surface area (Å²) >= 11 is 6.09.